The number of hydrogen-bond acceptors (Lipinski definition) is 3. The summed E-state index contributed by atoms with van der Waals surface area (Å²) in [6.45, 7) is 6.96. The van der Waals surface area contributed by atoms with Crippen LogP contribution in [-0.4, -0.2) is 35.0 Å². The molecule has 2 atom stereocenters. The van der Waals surface area contributed by atoms with E-state index in [9.17, 15) is 4.79 Å². The molecular weight excluding hydrogens is 344 g/mol. The minimum Gasteiger partial charge on any atom is -0.444 e. The van der Waals surface area contributed by atoms with Gasteiger partial charge < -0.3 is 9.64 Å². The summed E-state index contributed by atoms with van der Waals surface area (Å²) in [5.74, 6) is 0.611. The second-order valence-corrected chi connectivity index (χ2v) is 7.29. The van der Waals surface area contributed by atoms with Crippen molar-refractivity contribution in [2.24, 2.45) is 5.92 Å². The first-order valence-corrected chi connectivity index (χ1v) is 8.50. The van der Waals surface area contributed by atoms with Crippen LogP contribution < -0.4 is 0 Å². The Bertz CT molecular complexity index is 572. The molecule has 118 valence electrons. The predicted octanol–water partition coefficient (Wildman–Crippen LogP) is 3.90. The SMILES string of the molecule is CC(C)(C)OC(=O)N1C[C@@H](CBr)[C@H](c2ccc(C#N)cc2)C1. The molecule has 1 amide bonds. The lowest BCUT2D eigenvalue weighted by Gasteiger charge is -2.24. The average molecular weight is 365 g/mol. The minimum absolute atomic E-state index is 0.255. The van der Waals surface area contributed by atoms with Crippen LogP contribution in [0, 0.1) is 17.2 Å². The first-order valence-electron chi connectivity index (χ1n) is 7.38. The van der Waals surface area contributed by atoms with E-state index >= 15 is 0 Å². The second-order valence-electron chi connectivity index (χ2n) is 6.64. The largest absolute Gasteiger partial charge is 0.444 e. The lowest BCUT2D eigenvalue weighted by atomic mass is 9.90. The molecule has 1 saturated heterocycles. The van der Waals surface area contributed by atoms with E-state index in [1.54, 1.807) is 4.90 Å². The van der Waals surface area contributed by atoms with Crippen LogP contribution in [0.4, 0.5) is 4.79 Å². The van der Waals surface area contributed by atoms with E-state index in [2.05, 4.69) is 22.0 Å². The van der Waals surface area contributed by atoms with Crippen molar-refractivity contribution in [3.8, 4) is 6.07 Å². The Kier molecular flexibility index (Phi) is 5.12. The van der Waals surface area contributed by atoms with E-state index in [4.69, 9.17) is 10.00 Å². The standard InChI is InChI=1S/C17H21BrN2O2/c1-17(2,3)22-16(21)20-10-14(8-18)15(11-20)13-6-4-12(9-19)5-7-13/h4-7,14-15H,8,10-11H2,1-3H3/t14-,15+/m1/s1. The van der Waals surface area contributed by atoms with Gasteiger partial charge in [-0.1, -0.05) is 28.1 Å². The maximum atomic E-state index is 12.2. The Labute approximate surface area is 140 Å². The number of rotatable bonds is 2. The van der Waals surface area contributed by atoms with Gasteiger partial charge in [0.25, 0.3) is 0 Å². The number of hydrogen-bond donors (Lipinski definition) is 0. The van der Waals surface area contributed by atoms with Gasteiger partial charge in [0, 0.05) is 24.3 Å². The molecule has 0 radical (unpaired) electrons. The van der Waals surface area contributed by atoms with Gasteiger partial charge in [0.05, 0.1) is 11.6 Å². The molecular formula is C17H21BrN2O2. The van der Waals surface area contributed by atoms with Gasteiger partial charge in [-0.25, -0.2) is 4.79 Å². The van der Waals surface area contributed by atoms with Crippen LogP contribution in [0.1, 0.15) is 37.8 Å². The predicted molar refractivity (Wildman–Crippen MR) is 89.0 cm³/mol. The van der Waals surface area contributed by atoms with E-state index < -0.39 is 5.60 Å². The molecule has 0 aliphatic carbocycles. The molecule has 1 aromatic rings. The Morgan fingerprint density at radius 2 is 2.00 bits per heavy atom. The molecule has 1 aromatic carbocycles. The fourth-order valence-corrected chi connectivity index (χ4v) is 3.34. The third-order valence-electron chi connectivity index (χ3n) is 3.76. The maximum absolute atomic E-state index is 12.2. The summed E-state index contributed by atoms with van der Waals surface area (Å²) in [5.41, 5.74) is 1.34. The molecule has 4 nitrogen and oxygen atoms in total. The first kappa shape index (κ1) is 16.8. The van der Waals surface area contributed by atoms with Crippen LogP contribution in [0.25, 0.3) is 0 Å². The van der Waals surface area contributed by atoms with Gasteiger partial charge >= 0.3 is 6.09 Å². The van der Waals surface area contributed by atoms with Gasteiger partial charge in [-0.05, 0) is 44.4 Å². The van der Waals surface area contributed by atoms with Gasteiger partial charge in [0.15, 0.2) is 0 Å². The quantitative estimate of drug-likeness (QED) is 0.747. The van der Waals surface area contributed by atoms with E-state index in [0.717, 1.165) is 10.9 Å². The zero-order valence-electron chi connectivity index (χ0n) is 13.2. The number of carbonyl (C=O) groups excluding carboxylic acids is 1. The molecule has 0 saturated carbocycles. The van der Waals surface area contributed by atoms with Gasteiger partial charge in [-0.2, -0.15) is 5.26 Å². The van der Waals surface area contributed by atoms with Crippen LogP contribution in [0.2, 0.25) is 0 Å². The highest BCUT2D eigenvalue weighted by Gasteiger charge is 2.37. The summed E-state index contributed by atoms with van der Waals surface area (Å²) in [4.78, 5) is 14.0. The maximum Gasteiger partial charge on any atom is 0.410 e. The van der Waals surface area contributed by atoms with Crippen LogP contribution in [-0.2, 0) is 4.74 Å². The molecule has 0 spiro atoms. The zero-order valence-corrected chi connectivity index (χ0v) is 14.8. The van der Waals surface area contributed by atoms with Crippen molar-refractivity contribution in [3.05, 3.63) is 35.4 Å². The van der Waals surface area contributed by atoms with Gasteiger partial charge in [-0.3, -0.25) is 0 Å². The van der Waals surface area contributed by atoms with Gasteiger partial charge in [0.1, 0.15) is 5.60 Å². The van der Waals surface area contributed by atoms with Crippen molar-refractivity contribution < 1.29 is 9.53 Å². The van der Waals surface area contributed by atoms with E-state index in [0.29, 0.717) is 24.6 Å². The smallest absolute Gasteiger partial charge is 0.410 e. The number of alkyl halides is 1. The molecule has 0 bridgehead atoms. The lowest BCUT2D eigenvalue weighted by molar-refractivity contribution is 0.0288. The highest BCUT2D eigenvalue weighted by atomic mass is 79.9. The lowest BCUT2D eigenvalue weighted by Crippen LogP contribution is -2.35. The first-order chi connectivity index (χ1) is 10.3. The third kappa shape index (κ3) is 4.01. The third-order valence-corrected chi connectivity index (χ3v) is 4.59. The summed E-state index contributed by atoms with van der Waals surface area (Å²) >= 11 is 3.55. The Morgan fingerprint density at radius 3 is 2.50 bits per heavy atom. The number of ether oxygens (including phenoxy) is 1. The van der Waals surface area contributed by atoms with E-state index in [-0.39, 0.29) is 12.0 Å². The van der Waals surface area contributed by atoms with Crippen molar-refractivity contribution in [2.75, 3.05) is 18.4 Å². The van der Waals surface area contributed by atoms with Crippen molar-refractivity contribution in [1.82, 2.24) is 4.90 Å². The molecule has 1 aliphatic heterocycles. The number of likely N-dealkylation sites (tertiary alicyclic amines) is 1. The molecule has 1 heterocycles. The Morgan fingerprint density at radius 1 is 1.36 bits per heavy atom. The molecule has 2 rings (SSSR count). The summed E-state index contributed by atoms with van der Waals surface area (Å²) in [7, 11) is 0. The fraction of sp³-hybridized carbons (Fsp3) is 0.529. The Hall–Kier alpha value is -1.54. The summed E-state index contributed by atoms with van der Waals surface area (Å²) in [6, 6.07) is 9.76. The fourth-order valence-electron chi connectivity index (χ4n) is 2.69. The Balaban J connectivity index is 2.12. The zero-order chi connectivity index (χ0) is 16.3. The number of amides is 1. The van der Waals surface area contributed by atoms with Crippen LogP contribution in [0.5, 0.6) is 0 Å². The molecule has 5 heteroatoms. The number of halogens is 1. The van der Waals surface area contributed by atoms with Crippen molar-refractivity contribution in [1.29, 1.82) is 5.26 Å². The summed E-state index contributed by atoms with van der Waals surface area (Å²) < 4.78 is 5.46. The van der Waals surface area contributed by atoms with Crippen molar-refractivity contribution >= 4 is 22.0 Å². The average Bonchev–Trinajstić information content (AvgIpc) is 2.90. The van der Waals surface area contributed by atoms with Crippen molar-refractivity contribution in [3.63, 3.8) is 0 Å². The highest BCUT2D eigenvalue weighted by Crippen LogP contribution is 2.34. The number of nitriles is 1. The van der Waals surface area contributed by atoms with E-state index in [1.165, 1.54) is 0 Å². The van der Waals surface area contributed by atoms with Gasteiger partial charge in [0.2, 0.25) is 0 Å². The molecule has 1 aliphatic rings. The van der Waals surface area contributed by atoms with Crippen LogP contribution in [0.3, 0.4) is 0 Å². The molecule has 0 unspecified atom stereocenters. The van der Waals surface area contributed by atoms with Crippen molar-refractivity contribution in [2.45, 2.75) is 32.3 Å². The number of nitrogens with zero attached hydrogens (tertiary/aromatic N) is 2. The summed E-state index contributed by atoms with van der Waals surface area (Å²) in [6.07, 6.45) is -0.255. The summed E-state index contributed by atoms with van der Waals surface area (Å²) in [5, 5.41) is 9.72. The normalized spacial score (nSPS) is 21.5. The van der Waals surface area contributed by atoms with Gasteiger partial charge in [-0.15, -0.1) is 0 Å². The van der Waals surface area contributed by atoms with Crippen LogP contribution >= 0.6 is 15.9 Å². The number of benzene rings is 1. The second kappa shape index (κ2) is 6.70. The molecule has 22 heavy (non-hydrogen) atoms. The van der Waals surface area contributed by atoms with E-state index in [1.807, 2.05) is 45.0 Å². The topological polar surface area (TPSA) is 53.3 Å². The highest BCUT2D eigenvalue weighted by molar-refractivity contribution is 9.09. The molecule has 0 N–H and O–H groups in total. The number of carbonyl (C=O) groups is 1. The monoisotopic (exact) mass is 364 g/mol. The minimum atomic E-state index is -0.479. The van der Waals surface area contributed by atoms with Crippen LogP contribution in [0.15, 0.2) is 24.3 Å². The molecule has 1 fully saturated rings. The molecule has 0 aromatic heterocycles.